The number of carbonyl (C=O) groups is 3. The standard InChI is InChI=1S/C22H25N5O3/c23-20(28)15-7-8-19(26-10-2-1-3-11-26)18(14-15)25-21(29)16-5-4-6-17(13-16)27-12-9-24-22(27)30/h4-8,13-14H,1-3,9-12H2,(H2,23,28)(H,24,30)(H,25,29). The van der Waals surface area contributed by atoms with Crippen molar-refractivity contribution in [2.24, 2.45) is 5.73 Å². The fourth-order valence-corrected chi connectivity index (χ4v) is 3.93. The van der Waals surface area contributed by atoms with Gasteiger partial charge in [-0.05, 0) is 55.7 Å². The van der Waals surface area contributed by atoms with Gasteiger partial charge in [0.1, 0.15) is 0 Å². The van der Waals surface area contributed by atoms with Crippen molar-refractivity contribution in [1.82, 2.24) is 5.32 Å². The maximum atomic E-state index is 13.0. The highest BCUT2D eigenvalue weighted by atomic mass is 16.2. The van der Waals surface area contributed by atoms with Gasteiger partial charge in [0.05, 0.1) is 11.4 Å². The second-order valence-electron chi connectivity index (χ2n) is 7.53. The summed E-state index contributed by atoms with van der Waals surface area (Å²) in [6.45, 7) is 2.94. The summed E-state index contributed by atoms with van der Waals surface area (Å²) >= 11 is 0. The number of urea groups is 1. The first-order chi connectivity index (χ1) is 14.5. The molecule has 0 aliphatic carbocycles. The Hall–Kier alpha value is -3.55. The number of nitrogens with zero attached hydrogens (tertiary/aromatic N) is 2. The smallest absolute Gasteiger partial charge is 0.321 e. The number of nitrogens with one attached hydrogen (secondary N) is 2. The van der Waals surface area contributed by atoms with E-state index in [0.717, 1.165) is 31.6 Å². The molecule has 0 unspecified atom stereocenters. The monoisotopic (exact) mass is 407 g/mol. The number of amides is 4. The number of piperidine rings is 1. The maximum absolute atomic E-state index is 13.0. The lowest BCUT2D eigenvalue weighted by Crippen LogP contribution is -2.30. The largest absolute Gasteiger partial charge is 0.370 e. The second-order valence-corrected chi connectivity index (χ2v) is 7.53. The molecule has 0 bridgehead atoms. The molecule has 0 aromatic heterocycles. The zero-order valence-corrected chi connectivity index (χ0v) is 16.7. The molecule has 0 atom stereocenters. The lowest BCUT2D eigenvalue weighted by atomic mass is 10.1. The number of hydrogen-bond donors (Lipinski definition) is 3. The number of primary amides is 1. The van der Waals surface area contributed by atoms with Gasteiger partial charge in [-0.3, -0.25) is 14.5 Å². The molecule has 2 heterocycles. The maximum Gasteiger partial charge on any atom is 0.321 e. The SMILES string of the molecule is NC(=O)c1ccc(N2CCCCC2)c(NC(=O)c2cccc(N3CCNC3=O)c2)c1. The highest BCUT2D eigenvalue weighted by Gasteiger charge is 2.22. The Morgan fingerprint density at radius 3 is 2.47 bits per heavy atom. The molecule has 2 saturated heterocycles. The third kappa shape index (κ3) is 4.07. The van der Waals surface area contributed by atoms with E-state index in [1.165, 1.54) is 6.42 Å². The molecule has 0 saturated carbocycles. The summed E-state index contributed by atoms with van der Waals surface area (Å²) < 4.78 is 0. The first-order valence-corrected chi connectivity index (χ1v) is 10.2. The van der Waals surface area contributed by atoms with Gasteiger partial charge < -0.3 is 21.3 Å². The third-order valence-corrected chi connectivity index (χ3v) is 5.50. The predicted molar refractivity (Wildman–Crippen MR) is 116 cm³/mol. The normalized spacial score (nSPS) is 16.3. The molecule has 8 nitrogen and oxygen atoms in total. The predicted octanol–water partition coefficient (Wildman–Crippen LogP) is 2.56. The molecule has 0 spiro atoms. The number of benzene rings is 2. The molecule has 2 fully saturated rings. The van der Waals surface area contributed by atoms with Crippen molar-refractivity contribution < 1.29 is 14.4 Å². The minimum atomic E-state index is -0.544. The Morgan fingerprint density at radius 2 is 1.77 bits per heavy atom. The summed E-state index contributed by atoms with van der Waals surface area (Å²) in [5.74, 6) is -0.853. The molecular weight excluding hydrogens is 382 g/mol. The summed E-state index contributed by atoms with van der Waals surface area (Å²) in [4.78, 5) is 40.4. The molecule has 8 heteroatoms. The Labute approximate surface area is 175 Å². The molecule has 4 amide bonds. The average Bonchev–Trinajstić information content (AvgIpc) is 3.20. The lowest BCUT2D eigenvalue weighted by Gasteiger charge is -2.30. The number of carbonyl (C=O) groups excluding carboxylic acids is 3. The van der Waals surface area contributed by atoms with Gasteiger partial charge >= 0.3 is 6.03 Å². The van der Waals surface area contributed by atoms with Crippen LogP contribution in [0.5, 0.6) is 0 Å². The molecule has 2 aliphatic heterocycles. The summed E-state index contributed by atoms with van der Waals surface area (Å²) in [6.07, 6.45) is 3.37. The van der Waals surface area contributed by atoms with Gasteiger partial charge in [0.15, 0.2) is 0 Å². The Bertz CT molecular complexity index is 984. The van der Waals surface area contributed by atoms with Gasteiger partial charge in [-0.25, -0.2) is 4.79 Å². The highest BCUT2D eigenvalue weighted by Crippen LogP contribution is 2.30. The van der Waals surface area contributed by atoms with Crippen LogP contribution in [0.25, 0.3) is 0 Å². The molecule has 2 aliphatic rings. The number of rotatable bonds is 5. The minimum absolute atomic E-state index is 0.172. The van der Waals surface area contributed by atoms with Crippen LogP contribution >= 0.6 is 0 Å². The van der Waals surface area contributed by atoms with E-state index in [4.69, 9.17) is 5.73 Å². The third-order valence-electron chi connectivity index (χ3n) is 5.50. The molecule has 2 aromatic carbocycles. The molecule has 0 radical (unpaired) electrons. The zero-order valence-electron chi connectivity index (χ0n) is 16.7. The molecule has 30 heavy (non-hydrogen) atoms. The first-order valence-electron chi connectivity index (χ1n) is 10.2. The van der Waals surface area contributed by atoms with Crippen LogP contribution < -0.4 is 26.2 Å². The van der Waals surface area contributed by atoms with E-state index < -0.39 is 5.91 Å². The van der Waals surface area contributed by atoms with Gasteiger partial charge in [-0.1, -0.05) is 6.07 Å². The average molecular weight is 407 g/mol. The van der Waals surface area contributed by atoms with E-state index in [-0.39, 0.29) is 11.9 Å². The Kier molecular flexibility index (Phi) is 5.56. The molecular formula is C22H25N5O3. The fourth-order valence-electron chi connectivity index (χ4n) is 3.93. The van der Waals surface area contributed by atoms with E-state index in [9.17, 15) is 14.4 Å². The van der Waals surface area contributed by atoms with Crippen LogP contribution in [-0.4, -0.2) is 44.0 Å². The van der Waals surface area contributed by atoms with Gasteiger partial charge in [-0.15, -0.1) is 0 Å². The minimum Gasteiger partial charge on any atom is -0.370 e. The Morgan fingerprint density at radius 1 is 0.967 bits per heavy atom. The van der Waals surface area contributed by atoms with Crippen molar-refractivity contribution in [2.45, 2.75) is 19.3 Å². The van der Waals surface area contributed by atoms with Crippen LogP contribution in [0, 0.1) is 0 Å². The van der Waals surface area contributed by atoms with Crippen molar-refractivity contribution >= 4 is 34.9 Å². The van der Waals surface area contributed by atoms with Crippen LogP contribution in [-0.2, 0) is 0 Å². The molecule has 4 rings (SSSR count). The quantitative estimate of drug-likeness (QED) is 0.708. The summed E-state index contributed by atoms with van der Waals surface area (Å²) in [7, 11) is 0. The molecule has 2 aromatic rings. The second kappa shape index (κ2) is 8.44. The lowest BCUT2D eigenvalue weighted by molar-refractivity contribution is 0.0996. The van der Waals surface area contributed by atoms with Crippen LogP contribution in [0.15, 0.2) is 42.5 Å². The Balaban J connectivity index is 1.61. The number of hydrogen-bond acceptors (Lipinski definition) is 4. The van der Waals surface area contributed by atoms with Gasteiger partial charge in [0, 0.05) is 43.0 Å². The van der Waals surface area contributed by atoms with Gasteiger partial charge in [0.25, 0.3) is 5.91 Å². The van der Waals surface area contributed by atoms with Crippen molar-refractivity contribution in [3.63, 3.8) is 0 Å². The van der Waals surface area contributed by atoms with Crippen LogP contribution in [0.4, 0.5) is 21.9 Å². The molecule has 156 valence electrons. The van der Waals surface area contributed by atoms with Crippen molar-refractivity contribution in [3.8, 4) is 0 Å². The van der Waals surface area contributed by atoms with E-state index in [0.29, 0.717) is 35.6 Å². The summed E-state index contributed by atoms with van der Waals surface area (Å²) in [5, 5.41) is 5.70. The topological polar surface area (TPSA) is 108 Å². The fraction of sp³-hybridized carbons (Fsp3) is 0.318. The van der Waals surface area contributed by atoms with Crippen LogP contribution in [0.2, 0.25) is 0 Å². The van der Waals surface area contributed by atoms with E-state index in [1.807, 2.05) is 6.07 Å². The first kappa shape index (κ1) is 19.8. The van der Waals surface area contributed by atoms with Gasteiger partial charge in [-0.2, -0.15) is 0 Å². The van der Waals surface area contributed by atoms with Crippen molar-refractivity contribution in [2.75, 3.05) is 41.3 Å². The summed E-state index contributed by atoms with van der Waals surface area (Å²) in [5.41, 5.74) is 8.32. The highest BCUT2D eigenvalue weighted by molar-refractivity contribution is 6.08. The van der Waals surface area contributed by atoms with E-state index >= 15 is 0 Å². The van der Waals surface area contributed by atoms with E-state index in [2.05, 4.69) is 15.5 Å². The summed E-state index contributed by atoms with van der Waals surface area (Å²) in [6, 6.07) is 11.9. The number of anilines is 3. The van der Waals surface area contributed by atoms with Crippen molar-refractivity contribution in [1.29, 1.82) is 0 Å². The van der Waals surface area contributed by atoms with Crippen LogP contribution in [0.1, 0.15) is 40.0 Å². The van der Waals surface area contributed by atoms with Crippen molar-refractivity contribution in [3.05, 3.63) is 53.6 Å². The van der Waals surface area contributed by atoms with Gasteiger partial charge in [0.2, 0.25) is 5.91 Å². The zero-order chi connectivity index (χ0) is 21.1. The number of nitrogens with two attached hydrogens (primary N) is 1. The van der Waals surface area contributed by atoms with E-state index in [1.54, 1.807) is 41.3 Å². The van der Waals surface area contributed by atoms with Crippen LogP contribution in [0.3, 0.4) is 0 Å². The molecule has 4 N–H and O–H groups in total.